The van der Waals surface area contributed by atoms with Crippen molar-refractivity contribution in [3.05, 3.63) is 334 Å². The van der Waals surface area contributed by atoms with E-state index in [-0.39, 0.29) is 0 Å². The van der Waals surface area contributed by atoms with Gasteiger partial charge in [0.25, 0.3) is 0 Å². The van der Waals surface area contributed by atoms with Crippen LogP contribution in [0.2, 0.25) is 0 Å². The van der Waals surface area contributed by atoms with Gasteiger partial charge in [-0.05, 0) is 147 Å². The largest absolute Gasteiger partial charge is 0.436 e. The molecule has 0 aliphatic heterocycles. The molecule has 15 aromatic carbocycles. The Bertz CT molecular complexity index is 7490. The Kier molecular flexibility index (Phi) is 13.0. The smallest absolute Gasteiger partial charge is 0.247 e. The lowest BCUT2D eigenvalue weighted by molar-refractivity contribution is 0.653. The van der Waals surface area contributed by atoms with E-state index in [0.29, 0.717) is 5.71 Å². The van der Waals surface area contributed by atoms with Crippen molar-refractivity contribution in [1.29, 1.82) is 0 Å². The Hall–Kier alpha value is -13.4. The first kappa shape index (κ1) is 58.4. The van der Waals surface area contributed by atoms with E-state index in [1.807, 2.05) is 29.5 Å². The van der Waals surface area contributed by atoms with E-state index in [4.69, 9.17) is 24.4 Å². The molecule has 10 heteroatoms. The summed E-state index contributed by atoms with van der Waals surface area (Å²) < 4.78 is 17.3. The Morgan fingerprint density at radius 1 is 0.240 bits per heavy atom. The molecule has 0 fully saturated rings. The molecule has 8 aromatic heterocycles. The van der Waals surface area contributed by atoms with Gasteiger partial charge in [0.05, 0.1) is 33.1 Å². The average molecular weight is 1360 g/mol. The molecule has 0 unspecified atom stereocenters. The zero-order chi connectivity index (χ0) is 68.1. The predicted octanol–water partition coefficient (Wildman–Crippen LogP) is 25.9. The number of rotatable bonds is 7. The molecule has 0 saturated heterocycles. The van der Waals surface area contributed by atoms with Crippen LogP contribution in [0.25, 0.3) is 212 Å². The fourth-order valence-electron chi connectivity index (χ4n) is 16.1. The summed E-state index contributed by atoms with van der Waals surface area (Å²) in [6, 6.07) is 119. The number of nitrogens with zero attached hydrogens (tertiary/aromatic N) is 7. The summed E-state index contributed by atoms with van der Waals surface area (Å²) in [4.78, 5) is 22.7. The highest BCUT2D eigenvalue weighted by atomic mass is 32.1. The molecular weight excluding hydrogens is 1310 g/mol. The van der Waals surface area contributed by atoms with Crippen LogP contribution in [0.3, 0.4) is 0 Å². The standard InChI is InChI=1S/C50H30N4S.C44H25N3OS/c1-3-13-31(14-4-1)47-49(54-43-22-12-10-20-38(43)40-27-32-15-7-8-16-33(32)29-45(40)54)51-48-41-28-34(24-26-46(41)55-50(48)52-47)35-23-25-39-37-19-9-11-21-42(37)53(44(39)30-35)36-17-5-2-6-18-36;1-2-10-26(11-3-1)41-43(47-36-16-8-6-14-31(36)34-22-27-12-4-5-13-28(27)24-37(34)47)45-42-33-20-18-30(25-38(33)48-44(42)46-41)29-19-21-40-35(23-29)32-15-7-9-17-39(32)49-40/h1-30H;1-25H. The maximum absolute atomic E-state index is 6.54. The molecular formula is C94H55N7OS2. The summed E-state index contributed by atoms with van der Waals surface area (Å²) in [6.45, 7) is 0. The van der Waals surface area contributed by atoms with E-state index in [9.17, 15) is 0 Å². The minimum absolute atomic E-state index is 0.528. The zero-order valence-corrected chi connectivity index (χ0v) is 57.2. The number of thiophene rings is 2. The van der Waals surface area contributed by atoms with Gasteiger partial charge in [-0.25, -0.2) is 19.9 Å². The van der Waals surface area contributed by atoms with Gasteiger partial charge >= 0.3 is 0 Å². The van der Waals surface area contributed by atoms with Gasteiger partial charge in [0.2, 0.25) is 5.71 Å². The number of benzene rings is 15. The lowest BCUT2D eigenvalue weighted by Gasteiger charge is -2.13. The summed E-state index contributed by atoms with van der Waals surface area (Å²) in [5, 5.41) is 16.7. The minimum Gasteiger partial charge on any atom is -0.436 e. The molecule has 0 radical (unpaired) electrons. The second kappa shape index (κ2) is 23.1. The molecule has 0 saturated carbocycles. The first-order valence-electron chi connectivity index (χ1n) is 35.0. The lowest BCUT2D eigenvalue weighted by atomic mass is 10.0. The first-order valence-corrected chi connectivity index (χ1v) is 36.6. The maximum atomic E-state index is 6.54. The number of furan rings is 1. The molecule has 23 aromatic rings. The molecule has 8 nitrogen and oxygen atoms in total. The number of fused-ring (bicyclic) bond motifs is 20. The SMILES string of the molecule is c1ccc(-c2nc3oc4cc(-c5ccc6sc7ccccc7c6c5)ccc4c3nc2-n2c3ccccc3c3cc4ccccc4cc32)cc1.c1ccc(-c2nc3sc4ccc(-c5ccc6c7ccccc7n(-c7ccccc7)c6c5)cc4c3nc2-n2c3ccccc3c3cc4ccccc4cc32)cc1. The normalized spacial score (nSPS) is 12.0. The topological polar surface area (TPSA) is 79.5 Å². The van der Waals surface area contributed by atoms with Gasteiger partial charge in [0.1, 0.15) is 32.8 Å². The minimum atomic E-state index is 0.528. The lowest BCUT2D eigenvalue weighted by Crippen LogP contribution is -2.03. The van der Waals surface area contributed by atoms with Crippen molar-refractivity contribution in [2.24, 2.45) is 0 Å². The van der Waals surface area contributed by atoms with E-state index < -0.39 is 0 Å². The quantitative estimate of drug-likeness (QED) is 0.159. The number of hydrogen-bond donors (Lipinski definition) is 0. The summed E-state index contributed by atoms with van der Waals surface area (Å²) >= 11 is 3.54. The molecule has 0 N–H and O–H groups in total. The molecule has 0 aliphatic carbocycles. The molecule has 0 aliphatic rings. The van der Waals surface area contributed by atoms with Crippen molar-refractivity contribution in [3.63, 3.8) is 0 Å². The van der Waals surface area contributed by atoms with Crippen molar-refractivity contribution in [3.8, 4) is 62.1 Å². The van der Waals surface area contributed by atoms with E-state index in [1.54, 1.807) is 11.3 Å². The molecule has 484 valence electrons. The highest BCUT2D eigenvalue weighted by molar-refractivity contribution is 7.26. The molecule has 8 heterocycles. The van der Waals surface area contributed by atoms with E-state index in [0.717, 1.165) is 116 Å². The number of hydrogen-bond acceptors (Lipinski definition) is 7. The van der Waals surface area contributed by atoms with Crippen molar-refractivity contribution >= 4 is 172 Å². The molecule has 23 rings (SSSR count). The number of para-hydroxylation sites is 4. The van der Waals surface area contributed by atoms with Gasteiger partial charge in [0, 0.05) is 84.8 Å². The zero-order valence-electron chi connectivity index (χ0n) is 55.6. The molecule has 0 bridgehead atoms. The van der Waals surface area contributed by atoms with E-state index in [2.05, 4.69) is 329 Å². The third-order valence-electron chi connectivity index (χ3n) is 20.9. The molecule has 104 heavy (non-hydrogen) atoms. The van der Waals surface area contributed by atoms with Crippen molar-refractivity contribution in [2.45, 2.75) is 0 Å². The van der Waals surface area contributed by atoms with Crippen LogP contribution in [0.15, 0.2) is 338 Å². The van der Waals surface area contributed by atoms with Crippen molar-refractivity contribution < 1.29 is 4.42 Å². The monoisotopic (exact) mass is 1360 g/mol. The fraction of sp³-hybridized carbons (Fsp3) is 0. The van der Waals surface area contributed by atoms with E-state index >= 15 is 0 Å². The van der Waals surface area contributed by atoms with Gasteiger partial charge in [0.15, 0.2) is 11.6 Å². The molecule has 0 amide bonds. The predicted molar refractivity (Wildman–Crippen MR) is 437 cm³/mol. The Morgan fingerprint density at radius 2 is 0.663 bits per heavy atom. The summed E-state index contributed by atoms with van der Waals surface area (Å²) in [5.74, 6) is 1.61. The van der Waals surface area contributed by atoms with Gasteiger partial charge < -0.3 is 8.98 Å². The first-order chi connectivity index (χ1) is 51.5. The Labute approximate surface area is 602 Å². The summed E-state index contributed by atoms with van der Waals surface area (Å²) in [6.07, 6.45) is 0. The van der Waals surface area contributed by atoms with Gasteiger partial charge in [-0.2, -0.15) is 0 Å². The summed E-state index contributed by atoms with van der Waals surface area (Å²) in [7, 11) is 0. The fourth-order valence-corrected chi connectivity index (χ4v) is 18.1. The van der Waals surface area contributed by atoms with Crippen molar-refractivity contribution in [1.82, 2.24) is 33.6 Å². The van der Waals surface area contributed by atoms with Crippen LogP contribution in [0.5, 0.6) is 0 Å². The van der Waals surface area contributed by atoms with Crippen LogP contribution in [0, 0.1) is 0 Å². The van der Waals surface area contributed by atoms with Crippen LogP contribution in [0.4, 0.5) is 0 Å². The second-order valence-corrected chi connectivity index (χ2v) is 28.9. The average Bonchev–Trinajstić information content (AvgIpc) is 1.58. The third kappa shape index (κ3) is 9.15. The molecule has 0 spiro atoms. The van der Waals surface area contributed by atoms with E-state index in [1.165, 1.54) is 89.8 Å². The van der Waals surface area contributed by atoms with Crippen molar-refractivity contribution in [2.75, 3.05) is 0 Å². The summed E-state index contributed by atoms with van der Waals surface area (Å²) in [5.41, 5.74) is 19.2. The Morgan fingerprint density at radius 3 is 1.28 bits per heavy atom. The highest BCUT2D eigenvalue weighted by Crippen LogP contribution is 2.45. The maximum Gasteiger partial charge on any atom is 0.247 e. The van der Waals surface area contributed by atoms with Crippen LogP contribution in [-0.2, 0) is 0 Å². The highest BCUT2D eigenvalue weighted by Gasteiger charge is 2.26. The van der Waals surface area contributed by atoms with Gasteiger partial charge in [-0.1, -0.05) is 231 Å². The van der Waals surface area contributed by atoms with Crippen LogP contribution in [-0.4, -0.2) is 33.6 Å². The molecule has 0 atom stereocenters. The van der Waals surface area contributed by atoms with Crippen LogP contribution in [0.1, 0.15) is 0 Å². The van der Waals surface area contributed by atoms with Gasteiger partial charge in [-0.15, -0.1) is 22.7 Å². The van der Waals surface area contributed by atoms with Crippen LogP contribution >= 0.6 is 22.7 Å². The van der Waals surface area contributed by atoms with Crippen LogP contribution < -0.4 is 0 Å². The number of aromatic nitrogens is 7. The Balaban J connectivity index is 0.000000132. The van der Waals surface area contributed by atoms with Gasteiger partial charge in [-0.3, -0.25) is 9.13 Å². The third-order valence-corrected chi connectivity index (χ3v) is 23.1. The second-order valence-electron chi connectivity index (χ2n) is 26.8.